The Kier molecular flexibility index (Phi) is 6.39. The number of anilines is 2. The number of amides is 3. The van der Waals surface area contributed by atoms with E-state index < -0.39 is 39.7 Å². The molecule has 40 heavy (non-hydrogen) atoms. The van der Waals surface area contributed by atoms with E-state index in [-0.39, 0.29) is 22.8 Å². The van der Waals surface area contributed by atoms with Crippen molar-refractivity contribution in [2.45, 2.75) is 29.7 Å². The number of carbonyl (C=O) groups excluding carboxylic acids is 3. The first-order chi connectivity index (χ1) is 19.2. The summed E-state index contributed by atoms with van der Waals surface area (Å²) >= 11 is 1.99. The minimum atomic E-state index is -0.897. The highest BCUT2D eigenvalue weighted by Gasteiger charge is 2.57. The lowest BCUT2D eigenvalue weighted by Gasteiger charge is -2.29. The molecule has 4 aromatic rings. The number of furan rings is 1. The number of thiazole rings is 1. The average molecular weight is 577 g/mol. The van der Waals surface area contributed by atoms with Gasteiger partial charge in [0.1, 0.15) is 17.6 Å². The van der Waals surface area contributed by atoms with Gasteiger partial charge in [0.2, 0.25) is 17.7 Å². The maximum atomic E-state index is 13.8. The van der Waals surface area contributed by atoms with Gasteiger partial charge in [-0.3, -0.25) is 33.9 Å². The molecule has 1 saturated heterocycles. The van der Waals surface area contributed by atoms with Gasteiger partial charge in [-0.25, -0.2) is 4.90 Å². The summed E-state index contributed by atoms with van der Waals surface area (Å²) in [7, 11) is 0. The molecular formula is C27H20N4O7S2. The second-order valence-corrected chi connectivity index (χ2v) is 11.5. The van der Waals surface area contributed by atoms with Crippen molar-refractivity contribution in [2.75, 3.05) is 10.2 Å². The van der Waals surface area contributed by atoms with Crippen molar-refractivity contribution in [3.8, 4) is 0 Å². The van der Waals surface area contributed by atoms with Crippen LogP contribution >= 0.6 is 23.1 Å². The molecule has 2 aliphatic heterocycles. The van der Waals surface area contributed by atoms with Gasteiger partial charge < -0.3 is 9.73 Å². The molecule has 11 nitrogen and oxygen atoms in total. The van der Waals surface area contributed by atoms with Gasteiger partial charge in [0, 0.05) is 17.8 Å². The lowest BCUT2D eigenvalue weighted by atomic mass is 9.87. The summed E-state index contributed by atoms with van der Waals surface area (Å²) in [6, 6.07) is 15.8. The summed E-state index contributed by atoms with van der Waals surface area (Å²) in [5.74, 6) is -2.60. The number of fused-ring (bicyclic) bond motifs is 2. The highest BCUT2D eigenvalue weighted by Crippen LogP contribution is 2.54. The Hall–Kier alpha value is -4.49. The van der Waals surface area contributed by atoms with Crippen molar-refractivity contribution >= 4 is 57.9 Å². The van der Waals surface area contributed by atoms with Crippen LogP contribution in [-0.4, -0.2) is 32.5 Å². The van der Waals surface area contributed by atoms with Crippen LogP contribution in [0.4, 0.5) is 17.1 Å². The van der Waals surface area contributed by atoms with E-state index in [0.717, 1.165) is 33.6 Å². The number of hydrogen-bond acceptors (Lipinski definition) is 9. The van der Waals surface area contributed by atoms with E-state index in [0.29, 0.717) is 21.4 Å². The number of aryl methyl sites for hydroxylation is 1. The van der Waals surface area contributed by atoms with E-state index >= 15 is 0 Å². The smallest absolute Gasteiger partial charge is 0.308 e. The van der Waals surface area contributed by atoms with Crippen LogP contribution in [0.25, 0.3) is 0 Å². The lowest BCUT2D eigenvalue weighted by Crippen LogP contribution is -2.32. The van der Waals surface area contributed by atoms with Gasteiger partial charge >= 0.3 is 4.87 Å². The van der Waals surface area contributed by atoms with Gasteiger partial charge in [-0.05, 0) is 43.3 Å². The molecule has 4 heterocycles. The Bertz CT molecular complexity index is 1710. The number of imide groups is 1. The molecule has 2 aromatic heterocycles. The van der Waals surface area contributed by atoms with E-state index in [9.17, 15) is 29.3 Å². The first kappa shape index (κ1) is 25.8. The Labute approximate surface area is 234 Å². The number of non-ortho nitro benzene ring substituents is 1. The van der Waals surface area contributed by atoms with Crippen molar-refractivity contribution in [3.63, 3.8) is 0 Å². The second kappa shape index (κ2) is 9.92. The van der Waals surface area contributed by atoms with Crippen LogP contribution in [-0.2, 0) is 20.9 Å². The number of thioether (sulfide) groups is 1. The normalized spacial score (nSPS) is 19.8. The molecule has 2 aromatic carbocycles. The maximum Gasteiger partial charge on any atom is 0.308 e. The molecule has 0 radical (unpaired) electrons. The van der Waals surface area contributed by atoms with Crippen molar-refractivity contribution < 1.29 is 23.7 Å². The van der Waals surface area contributed by atoms with Gasteiger partial charge in [-0.15, -0.1) is 0 Å². The second-order valence-electron chi connectivity index (χ2n) is 9.38. The zero-order valence-electron chi connectivity index (χ0n) is 20.8. The third kappa shape index (κ3) is 4.32. The van der Waals surface area contributed by atoms with E-state index in [1.807, 2.05) is 19.1 Å². The third-order valence-corrected chi connectivity index (χ3v) is 9.46. The minimum Gasteiger partial charge on any atom is -0.469 e. The van der Waals surface area contributed by atoms with Crippen LogP contribution in [0.3, 0.4) is 0 Å². The standard InChI is InChI=1S/C27H20N4O7S2/c1-14-4-6-15(7-5-14)28-19(32)13-29-26-23(40-27(29)35)20(18-3-2-12-38-18)21-22(39-26)25(34)30(24(21)33)16-8-10-17(11-9-16)31(36)37/h2-12,20-22H,13H2,1H3,(H,28,32)/t20-,21?,22?/m1/s1. The number of aromatic nitrogens is 1. The lowest BCUT2D eigenvalue weighted by molar-refractivity contribution is -0.384. The van der Waals surface area contributed by atoms with E-state index in [1.54, 1.807) is 24.3 Å². The largest absolute Gasteiger partial charge is 0.469 e. The fourth-order valence-corrected chi connectivity index (χ4v) is 7.74. The maximum absolute atomic E-state index is 13.8. The van der Waals surface area contributed by atoms with Crippen molar-refractivity contribution in [2.24, 2.45) is 5.92 Å². The fourth-order valence-electron chi connectivity index (χ4n) is 4.99. The number of benzene rings is 2. The minimum absolute atomic E-state index is 0.168. The predicted molar refractivity (Wildman–Crippen MR) is 148 cm³/mol. The molecule has 0 saturated carbocycles. The molecule has 0 aliphatic carbocycles. The Morgan fingerprint density at radius 1 is 1.05 bits per heavy atom. The monoisotopic (exact) mass is 576 g/mol. The Morgan fingerprint density at radius 3 is 2.42 bits per heavy atom. The molecule has 3 amide bonds. The van der Waals surface area contributed by atoms with Crippen LogP contribution in [0.2, 0.25) is 0 Å². The molecule has 6 rings (SSSR count). The highest BCUT2D eigenvalue weighted by atomic mass is 32.2. The van der Waals surface area contributed by atoms with Gasteiger partial charge in [0.05, 0.1) is 38.6 Å². The van der Waals surface area contributed by atoms with Crippen LogP contribution in [0.5, 0.6) is 0 Å². The van der Waals surface area contributed by atoms with Gasteiger partial charge in [0.15, 0.2) is 0 Å². The SMILES string of the molecule is Cc1ccc(NC(=O)Cn2c3c(sc2=O)[C@H](c2ccco2)C2C(=O)N(c4ccc([N+](=O)[O-])cc4)C(=O)C2S3)cc1. The molecule has 2 unspecified atom stereocenters. The molecule has 1 fully saturated rings. The van der Waals surface area contributed by atoms with E-state index in [2.05, 4.69) is 5.32 Å². The summed E-state index contributed by atoms with van der Waals surface area (Å²) in [4.78, 5) is 65.1. The Balaban J connectivity index is 1.36. The van der Waals surface area contributed by atoms with Crippen LogP contribution < -0.4 is 15.1 Å². The first-order valence-corrected chi connectivity index (χ1v) is 13.8. The Morgan fingerprint density at radius 2 is 1.77 bits per heavy atom. The number of nitro benzene ring substituents is 1. The van der Waals surface area contributed by atoms with E-state index in [1.165, 1.54) is 35.1 Å². The van der Waals surface area contributed by atoms with Crippen LogP contribution in [0.1, 0.15) is 22.1 Å². The summed E-state index contributed by atoms with van der Waals surface area (Å²) in [5.41, 5.74) is 1.67. The number of nitrogens with zero attached hydrogens (tertiary/aromatic N) is 3. The number of carbonyl (C=O) groups is 3. The average Bonchev–Trinajstić information content (AvgIpc) is 3.63. The van der Waals surface area contributed by atoms with Crippen molar-refractivity contribution in [1.82, 2.24) is 4.57 Å². The molecular weight excluding hydrogens is 556 g/mol. The molecule has 1 N–H and O–H groups in total. The predicted octanol–water partition coefficient (Wildman–Crippen LogP) is 4.15. The molecule has 0 bridgehead atoms. The van der Waals surface area contributed by atoms with Gasteiger partial charge in [-0.1, -0.05) is 40.8 Å². The quantitative estimate of drug-likeness (QED) is 0.205. The zero-order chi connectivity index (χ0) is 28.1. The summed E-state index contributed by atoms with van der Waals surface area (Å²) in [5, 5.41) is 13.4. The molecule has 2 aliphatic rings. The molecule has 3 atom stereocenters. The zero-order valence-corrected chi connectivity index (χ0v) is 22.4. The number of nitro groups is 1. The summed E-state index contributed by atoms with van der Waals surface area (Å²) < 4.78 is 7.00. The third-order valence-electron chi connectivity index (χ3n) is 6.85. The molecule has 202 valence electrons. The first-order valence-electron chi connectivity index (χ1n) is 12.2. The van der Waals surface area contributed by atoms with E-state index in [4.69, 9.17) is 4.42 Å². The van der Waals surface area contributed by atoms with Gasteiger partial charge in [0.25, 0.3) is 5.69 Å². The van der Waals surface area contributed by atoms with Crippen molar-refractivity contribution in [1.29, 1.82) is 0 Å². The van der Waals surface area contributed by atoms with Crippen molar-refractivity contribution in [3.05, 3.63) is 103 Å². The summed E-state index contributed by atoms with van der Waals surface area (Å²) in [6.07, 6.45) is 1.45. The molecule has 0 spiro atoms. The fraction of sp³-hybridized carbons (Fsp3) is 0.185. The topological polar surface area (TPSA) is 145 Å². The summed E-state index contributed by atoms with van der Waals surface area (Å²) in [6.45, 7) is 1.66. The van der Waals surface area contributed by atoms with Crippen LogP contribution in [0, 0.1) is 23.0 Å². The van der Waals surface area contributed by atoms with Crippen LogP contribution in [0.15, 0.2) is 81.2 Å². The molecule has 13 heteroatoms. The van der Waals surface area contributed by atoms with Gasteiger partial charge in [-0.2, -0.15) is 0 Å². The number of nitrogens with one attached hydrogen (secondary N) is 1. The number of rotatable bonds is 6. The number of hydrogen-bond donors (Lipinski definition) is 1. The highest BCUT2D eigenvalue weighted by molar-refractivity contribution is 8.00.